The molecule has 0 amide bonds. The average molecular weight is 546 g/mol. The predicted molar refractivity (Wildman–Crippen MR) is 130 cm³/mol. The van der Waals surface area contributed by atoms with Crippen molar-refractivity contribution >= 4 is 35.6 Å². The third kappa shape index (κ3) is 7.49. The monoisotopic (exact) mass is 546 g/mol. The van der Waals surface area contributed by atoms with Crippen LogP contribution in [0.5, 0.6) is 5.75 Å². The van der Waals surface area contributed by atoms with Gasteiger partial charge < -0.3 is 25.0 Å². The molecule has 0 aliphatic carbocycles. The van der Waals surface area contributed by atoms with Gasteiger partial charge >= 0.3 is 0 Å². The number of para-hydroxylation sites is 1. The maximum absolute atomic E-state index is 14.5. The third-order valence-electron chi connectivity index (χ3n) is 4.77. The standard InChI is InChI=1S/C22H28F2N4O2.HI/c1-16(30-21-6-4-3-5-18(21)23)14-26-22(25-2)27-15-17-7-8-20(19(24)13-17)28-9-11-29-12-10-28;/h3-8,13,16H,9-12,14-15H2,1-2H3,(H2,25,26,27);1H. The van der Waals surface area contributed by atoms with Gasteiger partial charge in [0.05, 0.1) is 25.4 Å². The Balaban J connectivity index is 0.00000341. The first-order valence-electron chi connectivity index (χ1n) is 10.0. The molecule has 1 saturated heterocycles. The molecule has 3 rings (SSSR count). The molecule has 1 heterocycles. The van der Waals surface area contributed by atoms with Gasteiger partial charge in [-0.05, 0) is 36.8 Å². The number of benzene rings is 2. The minimum absolute atomic E-state index is 0. The van der Waals surface area contributed by atoms with Gasteiger partial charge in [-0.3, -0.25) is 4.99 Å². The number of hydrogen-bond acceptors (Lipinski definition) is 4. The Morgan fingerprint density at radius 1 is 1.13 bits per heavy atom. The molecule has 1 fully saturated rings. The Morgan fingerprint density at radius 2 is 1.87 bits per heavy atom. The van der Waals surface area contributed by atoms with Crippen molar-refractivity contribution < 1.29 is 18.3 Å². The summed E-state index contributed by atoms with van der Waals surface area (Å²) < 4.78 is 39.1. The molecule has 1 aliphatic rings. The number of rotatable bonds is 7. The number of halogens is 3. The first kappa shape index (κ1) is 25.1. The fraction of sp³-hybridized carbons (Fsp3) is 0.409. The van der Waals surface area contributed by atoms with E-state index in [4.69, 9.17) is 9.47 Å². The smallest absolute Gasteiger partial charge is 0.191 e. The SMILES string of the molecule is CN=C(NCc1ccc(N2CCOCC2)c(F)c1)NCC(C)Oc1ccccc1F.I. The van der Waals surface area contributed by atoms with Crippen molar-refractivity contribution in [2.24, 2.45) is 4.99 Å². The summed E-state index contributed by atoms with van der Waals surface area (Å²) in [4.78, 5) is 6.16. The van der Waals surface area contributed by atoms with E-state index in [0.717, 1.165) is 5.56 Å². The van der Waals surface area contributed by atoms with E-state index in [-0.39, 0.29) is 41.6 Å². The number of hydrogen-bond donors (Lipinski definition) is 2. The Kier molecular flexibility index (Phi) is 10.3. The summed E-state index contributed by atoms with van der Waals surface area (Å²) in [6.45, 7) is 5.30. The molecule has 0 radical (unpaired) electrons. The number of aliphatic imine (C=N–C) groups is 1. The second kappa shape index (κ2) is 12.7. The van der Waals surface area contributed by atoms with Crippen molar-refractivity contribution in [1.82, 2.24) is 10.6 Å². The van der Waals surface area contributed by atoms with Gasteiger partial charge in [0.15, 0.2) is 17.5 Å². The van der Waals surface area contributed by atoms with E-state index in [1.165, 1.54) is 12.1 Å². The third-order valence-corrected chi connectivity index (χ3v) is 4.77. The molecule has 1 unspecified atom stereocenters. The van der Waals surface area contributed by atoms with Crippen LogP contribution in [0, 0.1) is 11.6 Å². The van der Waals surface area contributed by atoms with Crippen LogP contribution >= 0.6 is 24.0 Å². The molecule has 6 nitrogen and oxygen atoms in total. The number of anilines is 1. The number of morpholine rings is 1. The average Bonchev–Trinajstić information content (AvgIpc) is 2.76. The largest absolute Gasteiger partial charge is 0.486 e. The van der Waals surface area contributed by atoms with E-state index in [9.17, 15) is 8.78 Å². The van der Waals surface area contributed by atoms with E-state index < -0.39 is 5.82 Å². The number of guanidine groups is 1. The topological polar surface area (TPSA) is 58.1 Å². The highest BCUT2D eigenvalue weighted by molar-refractivity contribution is 14.0. The van der Waals surface area contributed by atoms with Gasteiger partial charge in [0, 0.05) is 26.7 Å². The summed E-state index contributed by atoms with van der Waals surface area (Å²) in [5.74, 6) is 0.127. The lowest BCUT2D eigenvalue weighted by Crippen LogP contribution is -2.41. The predicted octanol–water partition coefficient (Wildman–Crippen LogP) is 3.55. The highest BCUT2D eigenvalue weighted by Gasteiger charge is 2.15. The highest BCUT2D eigenvalue weighted by atomic mass is 127. The van der Waals surface area contributed by atoms with Crippen molar-refractivity contribution in [3.63, 3.8) is 0 Å². The normalized spacial score (nSPS) is 15.1. The van der Waals surface area contributed by atoms with Gasteiger partial charge in [0.2, 0.25) is 0 Å². The van der Waals surface area contributed by atoms with Crippen LogP contribution in [0.25, 0.3) is 0 Å². The molecule has 2 N–H and O–H groups in total. The van der Waals surface area contributed by atoms with Crippen LogP contribution in [0.3, 0.4) is 0 Å². The van der Waals surface area contributed by atoms with E-state index in [0.29, 0.717) is 51.0 Å². The maximum Gasteiger partial charge on any atom is 0.191 e. The van der Waals surface area contributed by atoms with E-state index in [2.05, 4.69) is 15.6 Å². The first-order valence-corrected chi connectivity index (χ1v) is 10.0. The summed E-state index contributed by atoms with van der Waals surface area (Å²) in [6.07, 6.45) is -0.272. The van der Waals surface area contributed by atoms with Gasteiger partial charge in [-0.1, -0.05) is 18.2 Å². The number of nitrogens with one attached hydrogen (secondary N) is 2. The lowest BCUT2D eigenvalue weighted by molar-refractivity contribution is 0.122. The molecule has 0 bridgehead atoms. The van der Waals surface area contributed by atoms with Crippen molar-refractivity contribution in [2.45, 2.75) is 19.6 Å². The zero-order chi connectivity index (χ0) is 21.3. The van der Waals surface area contributed by atoms with Crippen molar-refractivity contribution in [3.8, 4) is 5.75 Å². The highest BCUT2D eigenvalue weighted by Crippen LogP contribution is 2.21. The molecule has 9 heteroatoms. The van der Waals surface area contributed by atoms with Crippen molar-refractivity contribution in [2.75, 3.05) is 44.8 Å². The molecular weight excluding hydrogens is 517 g/mol. The molecular formula is C22H29F2IN4O2. The molecule has 0 saturated carbocycles. The van der Waals surface area contributed by atoms with Crippen LogP contribution in [0.1, 0.15) is 12.5 Å². The van der Waals surface area contributed by atoms with Crippen LogP contribution in [0.15, 0.2) is 47.5 Å². The molecule has 1 atom stereocenters. The zero-order valence-corrected chi connectivity index (χ0v) is 20.1. The maximum atomic E-state index is 14.5. The lowest BCUT2D eigenvalue weighted by Gasteiger charge is -2.29. The minimum atomic E-state index is -0.394. The molecule has 2 aromatic carbocycles. The minimum Gasteiger partial charge on any atom is -0.486 e. The van der Waals surface area contributed by atoms with Gasteiger partial charge in [0.25, 0.3) is 0 Å². The quantitative estimate of drug-likeness (QED) is 0.316. The van der Waals surface area contributed by atoms with Crippen LogP contribution in [0.2, 0.25) is 0 Å². The molecule has 31 heavy (non-hydrogen) atoms. The Morgan fingerprint density at radius 3 is 2.55 bits per heavy atom. The summed E-state index contributed by atoms with van der Waals surface area (Å²) in [5.41, 5.74) is 1.41. The van der Waals surface area contributed by atoms with Crippen LogP contribution in [-0.2, 0) is 11.3 Å². The van der Waals surface area contributed by atoms with E-state index in [1.807, 2.05) is 17.9 Å². The molecule has 2 aromatic rings. The zero-order valence-electron chi connectivity index (χ0n) is 17.7. The van der Waals surface area contributed by atoms with Crippen LogP contribution < -0.4 is 20.3 Å². The molecule has 0 spiro atoms. The fourth-order valence-corrected chi connectivity index (χ4v) is 3.17. The lowest BCUT2D eigenvalue weighted by atomic mass is 10.1. The molecule has 0 aromatic heterocycles. The number of nitrogens with zero attached hydrogens (tertiary/aromatic N) is 2. The summed E-state index contributed by atoms with van der Waals surface area (Å²) in [5, 5.41) is 6.28. The number of ether oxygens (including phenoxy) is 2. The molecule has 170 valence electrons. The van der Waals surface area contributed by atoms with Crippen molar-refractivity contribution in [1.29, 1.82) is 0 Å². The van der Waals surface area contributed by atoms with E-state index >= 15 is 0 Å². The summed E-state index contributed by atoms with van der Waals surface area (Å²) in [6, 6.07) is 11.5. The van der Waals surface area contributed by atoms with Gasteiger partial charge in [-0.2, -0.15) is 0 Å². The second-order valence-corrected chi connectivity index (χ2v) is 7.05. The van der Waals surface area contributed by atoms with Crippen molar-refractivity contribution in [3.05, 3.63) is 59.7 Å². The molecule has 1 aliphatic heterocycles. The second-order valence-electron chi connectivity index (χ2n) is 7.05. The van der Waals surface area contributed by atoms with Crippen LogP contribution in [-0.4, -0.2) is 52.0 Å². The first-order chi connectivity index (χ1) is 14.6. The van der Waals surface area contributed by atoms with Gasteiger partial charge in [-0.25, -0.2) is 8.78 Å². The Hall–Kier alpha value is -2.14. The Bertz CT molecular complexity index is 863. The summed E-state index contributed by atoms with van der Waals surface area (Å²) in [7, 11) is 1.65. The summed E-state index contributed by atoms with van der Waals surface area (Å²) >= 11 is 0. The Labute approximate surface area is 199 Å². The van der Waals surface area contributed by atoms with E-state index in [1.54, 1.807) is 31.3 Å². The fourth-order valence-electron chi connectivity index (χ4n) is 3.17. The van der Waals surface area contributed by atoms with Gasteiger partial charge in [0.1, 0.15) is 11.9 Å². The van der Waals surface area contributed by atoms with Gasteiger partial charge in [-0.15, -0.1) is 24.0 Å². The van der Waals surface area contributed by atoms with Crippen LogP contribution in [0.4, 0.5) is 14.5 Å².